The average Bonchev–Trinajstić information content (AvgIpc) is 2.26. The van der Waals surface area contributed by atoms with Gasteiger partial charge in [-0.1, -0.05) is 0 Å². The van der Waals surface area contributed by atoms with Crippen LogP contribution < -0.4 is 0 Å². The van der Waals surface area contributed by atoms with Gasteiger partial charge in [-0.3, -0.25) is 9.69 Å². The number of piperidine rings is 1. The maximum absolute atomic E-state index is 11.9. The molecule has 2 unspecified atom stereocenters. The van der Waals surface area contributed by atoms with E-state index in [4.69, 9.17) is 4.74 Å². The Hall–Kier alpha value is -0.610. The largest absolute Gasteiger partial charge is 0.459 e. The van der Waals surface area contributed by atoms with Gasteiger partial charge in [0, 0.05) is 13.2 Å². The summed E-state index contributed by atoms with van der Waals surface area (Å²) < 4.78 is 5.38. The van der Waals surface area contributed by atoms with Gasteiger partial charge in [0.1, 0.15) is 11.6 Å². The number of aliphatic hydroxyl groups excluding tert-OH is 1. The highest BCUT2D eigenvalue weighted by Crippen LogP contribution is 2.19. The number of esters is 1. The summed E-state index contributed by atoms with van der Waals surface area (Å²) in [6.07, 6.45) is 2.09. The van der Waals surface area contributed by atoms with Crippen molar-refractivity contribution in [2.75, 3.05) is 19.7 Å². The summed E-state index contributed by atoms with van der Waals surface area (Å²) >= 11 is 0. The number of aliphatic hydroxyl groups is 1. The van der Waals surface area contributed by atoms with E-state index >= 15 is 0 Å². The summed E-state index contributed by atoms with van der Waals surface area (Å²) in [6.45, 7) is 9.43. The van der Waals surface area contributed by atoms with Crippen LogP contribution in [-0.4, -0.2) is 47.3 Å². The molecule has 0 saturated carbocycles. The van der Waals surface area contributed by atoms with Crippen LogP contribution in [0.15, 0.2) is 0 Å². The molecule has 0 spiro atoms. The summed E-state index contributed by atoms with van der Waals surface area (Å²) in [6, 6.07) is -0.219. The molecule has 0 aromatic rings. The standard InChI is InChI=1S/C13H25NO3/c1-10(12(16)17-13(2,3)4)14-7-5-6-11(8-14)9-15/h10-11,15H,5-9H2,1-4H3. The fraction of sp³-hybridized carbons (Fsp3) is 0.923. The lowest BCUT2D eigenvalue weighted by Crippen LogP contribution is -2.47. The number of ether oxygens (including phenoxy) is 1. The third-order valence-electron chi connectivity index (χ3n) is 3.10. The van der Waals surface area contributed by atoms with Crippen LogP contribution in [0, 0.1) is 5.92 Å². The second-order valence-corrected chi connectivity index (χ2v) is 5.90. The van der Waals surface area contributed by atoms with Crippen molar-refractivity contribution in [2.24, 2.45) is 5.92 Å². The molecule has 1 rings (SSSR count). The van der Waals surface area contributed by atoms with Crippen LogP contribution >= 0.6 is 0 Å². The highest BCUT2D eigenvalue weighted by atomic mass is 16.6. The van der Waals surface area contributed by atoms with Crippen LogP contribution in [0.4, 0.5) is 0 Å². The molecule has 1 fully saturated rings. The Labute approximate surface area is 104 Å². The quantitative estimate of drug-likeness (QED) is 0.762. The molecule has 0 bridgehead atoms. The molecular formula is C13H25NO3. The fourth-order valence-electron chi connectivity index (χ4n) is 2.13. The van der Waals surface area contributed by atoms with Gasteiger partial charge in [-0.05, 0) is 53.0 Å². The predicted molar refractivity (Wildman–Crippen MR) is 66.7 cm³/mol. The number of rotatable bonds is 3. The van der Waals surface area contributed by atoms with E-state index in [1.807, 2.05) is 27.7 Å². The van der Waals surface area contributed by atoms with E-state index in [1.54, 1.807) is 0 Å². The molecule has 0 amide bonds. The van der Waals surface area contributed by atoms with Gasteiger partial charge in [-0.2, -0.15) is 0 Å². The molecule has 100 valence electrons. The monoisotopic (exact) mass is 243 g/mol. The molecule has 0 radical (unpaired) electrons. The van der Waals surface area contributed by atoms with E-state index in [0.717, 1.165) is 25.9 Å². The normalized spacial score (nSPS) is 24.4. The van der Waals surface area contributed by atoms with Crippen molar-refractivity contribution in [1.29, 1.82) is 0 Å². The van der Waals surface area contributed by atoms with Gasteiger partial charge in [0.25, 0.3) is 0 Å². The minimum atomic E-state index is -0.433. The number of nitrogens with zero attached hydrogens (tertiary/aromatic N) is 1. The Morgan fingerprint density at radius 2 is 2.18 bits per heavy atom. The van der Waals surface area contributed by atoms with Crippen LogP contribution in [0.1, 0.15) is 40.5 Å². The zero-order valence-electron chi connectivity index (χ0n) is 11.4. The molecule has 0 aromatic heterocycles. The molecule has 4 heteroatoms. The zero-order valence-corrected chi connectivity index (χ0v) is 11.4. The van der Waals surface area contributed by atoms with Gasteiger partial charge in [0.15, 0.2) is 0 Å². The molecular weight excluding hydrogens is 218 g/mol. The topological polar surface area (TPSA) is 49.8 Å². The van der Waals surface area contributed by atoms with Crippen molar-refractivity contribution in [1.82, 2.24) is 4.90 Å². The first kappa shape index (κ1) is 14.5. The van der Waals surface area contributed by atoms with Crippen molar-refractivity contribution in [2.45, 2.75) is 52.2 Å². The average molecular weight is 243 g/mol. The van der Waals surface area contributed by atoms with Crippen LogP contribution in [0.3, 0.4) is 0 Å². The van der Waals surface area contributed by atoms with Crippen molar-refractivity contribution in [3.05, 3.63) is 0 Å². The Morgan fingerprint density at radius 3 is 2.71 bits per heavy atom. The van der Waals surface area contributed by atoms with Gasteiger partial charge in [0.2, 0.25) is 0 Å². The Balaban J connectivity index is 2.51. The molecule has 1 N–H and O–H groups in total. The lowest BCUT2D eigenvalue weighted by Gasteiger charge is -2.36. The molecule has 1 heterocycles. The molecule has 17 heavy (non-hydrogen) atoms. The van der Waals surface area contributed by atoms with Gasteiger partial charge < -0.3 is 9.84 Å². The maximum Gasteiger partial charge on any atom is 0.323 e. The number of likely N-dealkylation sites (tertiary alicyclic amines) is 1. The first-order valence-electron chi connectivity index (χ1n) is 6.41. The second kappa shape index (κ2) is 5.83. The molecule has 0 aromatic carbocycles. The van der Waals surface area contributed by atoms with E-state index < -0.39 is 5.60 Å². The smallest absolute Gasteiger partial charge is 0.323 e. The lowest BCUT2D eigenvalue weighted by atomic mass is 9.98. The highest BCUT2D eigenvalue weighted by molar-refractivity contribution is 5.75. The van der Waals surface area contributed by atoms with E-state index in [1.165, 1.54) is 0 Å². The third kappa shape index (κ3) is 4.64. The van der Waals surface area contributed by atoms with Crippen molar-refractivity contribution < 1.29 is 14.6 Å². The molecule has 1 saturated heterocycles. The van der Waals surface area contributed by atoms with Crippen molar-refractivity contribution in [3.8, 4) is 0 Å². The fourth-order valence-corrected chi connectivity index (χ4v) is 2.13. The third-order valence-corrected chi connectivity index (χ3v) is 3.10. The number of carbonyl (C=O) groups is 1. The van der Waals surface area contributed by atoms with Crippen molar-refractivity contribution >= 4 is 5.97 Å². The summed E-state index contributed by atoms with van der Waals surface area (Å²) in [5.41, 5.74) is -0.433. The summed E-state index contributed by atoms with van der Waals surface area (Å²) in [4.78, 5) is 14.0. The van der Waals surface area contributed by atoms with E-state index in [2.05, 4.69) is 4.90 Å². The lowest BCUT2D eigenvalue weighted by molar-refractivity contribution is -0.161. The Bertz CT molecular complexity index is 260. The van der Waals surface area contributed by atoms with E-state index in [-0.39, 0.29) is 18.6 Å². The maximum atomic E-state index is 11.9. The molecule has 2 atom stereocenters. The first-order valence-corrected chi connectivity index (χ1v) is 6.41. The highest BCUT2D eigenvalue weighted by Gasteiger charge is 2.30. The van der Waals surface area contributed by atoms with Crippen LogP contribution in [0.2, 0.25) is 0 Å². The van der Waals surface area contributed by atoms with Gasteiger partial charge in [-0.25, -0.2) is 0 Å². The minimum absolute atomic E-state index is 0.170. The second-order valence-electron chi connectivity index (χ2n) is 5.90. The summed E-state index contributed by atoms with van der Waals surface area (Å²) in [5, 5.41) is 9.17. The Kier molecular flexibility index (Phi) is 4.95. The number of hydrogen-bond acceptors (Lipinski definition) is 4. The minimum Gasteiger partial charge on any atom is -0.459 e. The molecule has 4 nitrogen and oxygen atoms in total. The first-order chi connectivity index (χ1) is 7.83. The van der Waals surface area contributed by atoms with Crippen LogP contribution in [0.5, 0.6) is 0 Å². The zero-order chi connectivity index (χ0) is 13.1. The predicted octanol–water partition coefficient (Wildman–Crippen LogP) is 1.42. The van der Waals surface area contributed by atoms with Crippen molar-refractivity contribution in [3.63, 3.8) is 0 Å². The van der Waals surface area contributed by atoms with Gasteiger partial charge >= 0.3 is 5.97 Å². The number of carbonyl (C=O) groups excluding carboxylic acids is 1. The van der Waals surface area contributed by atoms with Gasteiger partial charge in [0.05, 0.1) is 0 Å². The van der Waals surface area contributed by atoms with E-state index in [0.29, 0.717) is 5.92 Å². The summed E-state index contributed by atoms with van der Waals surface area (Å²) in [7, 11) is 0. The Morgan fingerprint density at radius 1 is 1.53 bits per heavy atom. The van der Waals surface area contributed by atoms with Crippen LogP contribution in [-0.2, 0) is 9.53 Å². The SMILES string of the molecule is CC(C(=O)OC(C)(C)C)N1CCCC(CO)C1. The summed E-state index contributed by atoms with van der Waals surface area (Å²) in [5.74, 6) is 0.129. The van der Waals surface area contributed by atoms with Crippen LogP contribution in [0.25, 0.3) is 0 Å². The van der Waals surface area contributed by atoms with E-state index in [9.17, 15) is 9.90 Å². The number of hydrogen-bond donors (Lipinski definition) is 1. The molecule has 0 aliphatic carbocycles. The molecule has 1 aliphatic heterocycles. The van der Waals surface area contributed by atoms with Gasteiger partial charge in [-0.15, -0.1) is 0 Å². The molecule has 1 aliphatic rings.